The average molecular weight is 530 g/mol. The van der Waals surface area contributed by atoms with Crippen molar-refractivity contribution < 1.29 is 19.1 Å². The fraction of sp³-hybridized carbons (Fsp3) is 0.333. The Hall–Kier alpha value is -4.40. The molecule has 39 heavy (non-hydrogen) atoms. The van der Waals surface area contributed by atoms with Crippen molar-refractivity contribution in [1.82, 2.24) is 20.3 Å². The quantitative estimate of drug-likeness (QED) is 0.338. The number of anilines is 1. The molecule has 0 spiro atoms. The van der Waals surface area contributed by atoms with Crippen LogP contribution in [0.3, 0.4) is 0 Å². The molecule has 0 aliphatic carbocycles. The Morgan fingerprint density at radius 1 is 0.974 bits per heavy atom. The van der Waals surface area contributed by atoms with Crippen molar-refractivity contribution in [3.8, 4) is 11.5 Å². The molecule has 9 heteroatoms. The SMILES string of the molecule is CCc1ccc(C(C(=O)NC(C)(C)C)N(C(=O)Cn2nnc3ccccc32)c2ccc(OC)c(OC)c2)cc1. The average Bonchev–Trinajstić information content (AvgIpc) is 3.32. The van der Waals surface area contributed by atoms with Crippen LogP contribution in [0.4, 0.5) is 5.69 Å². The van der Waals surface area contributed by atoms with Crippen molar-refractivity contribution in [3.63, 3.8) is 0 Å². The number of aryl methyl sites for hydroxylation is 1. The highest BCUT2D eigenvalue weighted by Gasteiger charge is 2.35. The van der Waals surface area contributed by atoms with E-state index in [1.165, 1.54) is 12.0 Å². The topological polar surface area (TPSA) is 98.6 Å². The van der Waals surface area contributed by atoms with Crippen LogP contribution in [0.5, 0.6) is 11.5 Å². The third-order valence-corrected chi connectivity index (χ3v) is 6.33. The van der Waals surface area contributed by atoms with Crippen LogP contribution in [0.15, 0.2) is 66.7 Å². The molecule has 0 fully saturated rings. The Labute approximate surface area is 228 Å². The maximum atomic E-state index is 14.2. The number of carbonyl (C=O) groups is 2. The molecule has 2 amide bonds. The first-order valence-electron chi connectivity index (χ1n) is 12.9. The van der Waals surface area contributed by atoms with Crippen molar-refractivity contribution in [2.75, 3.05) is 19.1 Å². The van der Waals surface area contributed by atoms with Gasteiger partial charge in [-0.15, -0.1) is 5.10 Å². The van der Waals surface area contributed by atoms with Crippen molar-refractivity contribution in [3.05, 3.63) is 77.9 Å². The molecule has 9 nitrogen and oxygen atoms in total. The molecule has 0 bridgehead atoms. The molecule has 1 atom stereocenters. The maximum absolute atomic E-state index is 14.2. The zero-order valence-electron chi connectivity index (χ0n) is 23.3. The van der Waals surface area contributed by atoms with Gasteiger partial charge in [-0.25, -0.2) is 4.68 Å². The fourth-order valence-electron chi connectivity index (χ4n) is 4.44. The molecule has 0 radical (unpaired) electrons. The van der Waals surface area contributed by atoms with Gasteiger partial charge in [0.1, 0.15) is 18.1 Å². The number of ether oxygens (including phenoxy) is 2. The van der Waals surface area contributed by atoms with Gasteiger partial charge in [0, 0.05) is 17.3 Å². The predicted octanol–water partition coefficient (Wildman–Crippen LogP) is 4.70. The molecule has 1 aromatic heterocycles. The number of para-hydroxylation sites is 1. The molecule has 0 saturated carbocycles. The second-order valence-electron chi connectivity index (χ2n) is 10.3. The summed E-state index contributed by atoms with van der Waals surface area (Å²) in [7, 11) is 3.08. The Morgan fingerprint density at radius 3 is 2.31 bits per heavy atom. The number of nitrogens with one attached hydrogen (secondary N) is 1. The summed E-state index contributed by atoms with van der Waals surface area (Å²) in [6.45, 7) is 7.67. The van der Waals surface area contributed by atoms with Crippen LogP contribution in [0.1, 0.15) is 44.9 Å². The van der Waals surface area contributed by atoms with Gasteiger partial charge in [0.25, 0.3) is 0 Å². The van der Waals surface area contributed by atoms with E-state index in [-0.39, 0.29) is 18.4 Å². The third kappa shape index (κ3) is 6.19. The summed E-state index contributed by atoms with van der Waals surface area (Å²) in [5.41, 5.74) is 3.18. The number of amides is 2. The van der Waals surface area contributed by atoms with Crippen LogP contribution >= 0.6 is 0 Å². The van der Waals surface area contributed by atoms with E-state index < -0.39 is 11.6 Å². The number of rotatable bonds is 9. The van der Waals surface area contributed by atoms with E-state index in [2.05, 4.69) is 22.6 Å². The van der Waals surface area contributed by atoms with Gasteiger partial charge < -0.3 is 14.8 Å². The minimum Gasteiger partial charge on any atom is -0.493 e. The van der Waals surface area contributed by atoms with Crippen LogP contribution in [0, 0.1) is 0 Å². The highest BCUT2D eigenvalue weighted by molar-refractivity contribution is 6.02. The van der Waals surface area contributed by atoms with Crippen LogP contribution in [-0.4, -0.2) is 46.6 Å². The number of nitrogens with zero attached hydrogens (tertiary/aromatic N) is 4. The van der Waals surface area contributed by atoms with Gasteiger partial charge >= 0.3 is 0 Å². The van der Waals surface area contributed by atoms with Crippen molar-refractivity contribution >= 4 is 28.5 Å². The van der Waals surface area contributed by atoms with Crippen LogP contribution in [0.25, 0.3) is 11.0 Å². The zero-order chi connectivity index (χ0) is 28.2. The number of hydrogen-bond donors (Lipinski definition) is 1. The smallest absolute Gasteiger partial charge is 0.249 e. The molecule has 1 unspecified atom stereocenters. The van der Waals surface area contributed by atoms with Gasteiger partial charge in [-0.05, 0) is 62.6 Å². The van der Waals surface area contributed by atoms with E-state index in [0.717, 1.165) is 17.5 Å². The molecular weight excluding hydrogens is 494 g/mol. The van der Waals surface area contributed by atoms with Crippen molar-refractivity contribution in [2.24, 2.45) is 0 Å². The summed E-state index contributed by atoms with van der Waals surface area (Å²) in [5, 5.41) is 11.5. The Kier molecular flexibility index (Phi) is 8.18. The molecule has 1 heterocycles. The highest BCUT2D eigenvalue weighted by atomic mass is 16.5. The fourth-order valence-corrected chi connectivity index (χ4v) is 4.44. The lowest BCUT2D eigenvalue weighted by molar-refractivity contribution is -0.128. The number of aromatic nitrogens is 3. The van der Waals surface area contributed by atoms with E-state index in [9.17, 15) is 9.59 Å². The van der Waals surface area contributed by atoms with E-state index in [1.54, 1.807) is 30.0 Å². The number of hydrogen-bond acceptors (Lipinski definition) is 6. The van der Waals surface area contributed by atoms with Crippen molar-refractivity contribution in [1.29, 1.82) is 0 Å². The van der Waals surface area contributed by atoms with Gasteiger partial charge in [0.2, 0.25) is 11.8 Å². The molecule has 0 aliphatic heterocycles. The summed E-state index contributed by atoms with van der Waals surface area (Å²) in [6, 6.07) is 19.4. The molecule has 1 N–H and O–H groups in total. The minimum atomic E-state index is -0.962. The second-order valence-corrected chi connectivity index (χ2v) is 10.3. The summed E-state index contributed by atoms with van der Waals surface area (Å²) in [6.07, 6.45) is 0.858. The summed E-state index contributed by atoms with van der Waals surface area (Å²) in [4.78, 5) is 29.6. The molecule has 3 aromatic carbocycles. The van der Waals surface area contributed by atoms with Gasteiger partial charge in [0.05, 0.1) is 19.7 Å². The van der Waals surface area contributed by atoms with Crippen LogP contribution in [-0.2, 0) is 22.6 Å². The molecule has 4 aromatic rings. The van der Waals surface area contributed by atoms with Gasteiger partial charge in [0.15, 0.2) is 11.5 Å². The van der Waals surface area contributed by atoms with E-state index in [0.29, 0.717) is 28.3 Å². The molecular formula is C30H35N5O4. The number of benzene rings is 3. The minimum absolute atomic E-state index is 0.124. The van der Waals surface area contributed by atoms with Gasteiger partial charge in [-0.1, -0.05) is 48.5 Å². The van der Waals surface area contributed by atoms with Crippen LogP contribution < -0.4 is 19.7 Å². The van der Waals surface area contributed by atoms with Crippen molar-refractivity contribution in [2.45, 2.75) is 52.2 Å². The molecule has 204 valence electrons. The Balaban J connectivity index is 1.87. The summed E-state index contributed by atoms with van der Waals surface area (Å²) >= 11 is 0. The number of carbonyl (C=O) groups excluding carboxylic acids is 2. The van der Waals surface area contributed by atoms with Gasteiger partial charge in [-0.3, -0.25) is 14.5 Å². The Bertz CT molecular complexity index is 1460. The summed E-state index contributed by atoms with van der Waals surface area (Å²) < 4.78 is 12.5. The monoisotopic (exact) mass is 529 g/mol. The zero-order valence-corrected chi connectivity index (χ0v) is 23.3. The lowest BCUT2D eigenvalue weighted by Crippen LogP contribution is -2.50. The lowest BCUT2D eigenvalue weighted by atomic mass is 9.99. The summed E-state index contributed by atoms with van der Waals surface area (Å²) in [5.74, 6) is 0.305. The predicted molar refractivity (Wildman–Crippen MR) is 151 cm³/mol. The highest BCUT2D eigenvalue weighted by Crippen LogP contribution is 2.36. The molecule has 0 saturated heterocycles. The van der Waals surface area contributed by atoms with E-state index >= 15 is 0 Å². The molecule has 4 rings (SSSR count). The first-order chi connectivity index (χ1) is 18.6. The number of methoxy groups -OCH3 is 2. The first kappa shape index (κ1) is 27.6. The third-order valence-electron chi connectivity index (χ3n) is 6.33. The lowest BCUT2D eigenvalue weighted by Gasteiger charge is -2.34. The second kappa shape index (κ2) is 11.6. The van der Waals surface area contributed by atoms with Gasteiger partial charge in [-0.2, -0.15) is 0 Å². The first-order valence-corrected chi connectivity index (χ1v) is 12.9. The molecule has 0 aliphatic rings. The van der Waals surface area contributed by atoms with Crippen LogP contribution in [0.2, 0.25) is 0 Å². The maximum Gasteiger partial charge on any atom is 0.249 e. The normalized spacial score (nSPS) is 12.2. The largest absolute Gasteiger partial charge is 0.493 e. The standard InChI is InChI=1S/C30H35N5O4/c1-7-20-12-14-21(15-13-20)28(29(37)31-30(2,3)4)35(22-16-17-25(38-5)26(18-22)39-6)27(36)19-34-24-11-9-8-10-23(24)32-33-34/h8-18,28H,7,19H2,1-6H3,(H,31,37). The van der Waals surface area contributed by atoms with E-state index in [1.807, 2.05) is 69.3 Å². The Morgan fingerprint density at radius 2 is 1.67 bits per heavy atom. The van der Waals surface area contributed by atoms with E-state index in [4.69, 9.17) is 9.47 Å². The number of fused-ring (bicyclic) bond motifs is 1.